The largest absolute Gasteiger partial charge is 0.510 e. The molecule has 3 N–H and O–H groups in total. The number of amides is 1. The topological polar surface area (TPSA) is 274 Å². The van der Waals surface area contributed by atoms with Gasteiger partial charge in [0.15, 0.2) is 18.6 Å². The lowest BCUT2D eigenvalue weighted by Crippen LogP contribution is -2.53. The summed E-state index contributed by atoms with van der Waals surface area (Å²) in [6, 6.07) is -0.451. The zero-order valence-electron chi connectivity index (χ0n) is 31.0. The molecular formula is C30H47FN3O19P. The number of aromatic nitrogens is 2. The number of nitrogens with one attached hydrogen (secondary N) is 1. The van der Waals surface area contributed by atoms with E-state index in [9.17, 15) is 47.9 Å². The maximum absolute atomic E-state index is 14.8. The van der Waals surface area contributed by atoms with Gasteiger partial charge >= 0.3 is 37.9 Å². The lowest BCUT2D eigenvalue weighted by molar-refractivity contribution is -0.152. The Labute approximate surface area is 308 Å². The molecule has 1 aliphatic rings. The van der Waals surface area contributed by atoms with Crippen molar-refractivity contribution in [3.63, 3.8) is 0 Å². The van der Waals surface area contributed by atoms with Gasteiger partial charge in [-0.1, -0.05) is 13.8 Å². The van der Waals surface area contributed by atoms with Crippen molar-refractivity contribution in [3.05, 3.63) is 33.1 Å². The molecule has 1 aliphatic heterocycles. The molecule has 1 aromatic heterocycles. The van der Waals surface area contributed by atoms with Gasteiger partial charge in [0.1, 0.15) is 30.0 Å². The Hall–Kier alpha value is -4.12. The van der Waals surface area contributed by atoms with E-state index in [0.717, 1.165) is 19.2 Å². The SMILES string of the molecule is CCOC(=O)OCOP(=O)(OCOC(=O)OCC)OC[C@@]1(CF)O[C@@H](n2ccc(=O)n(COC(=O)[C@@H](NC(=O)OC(C)(C)C)C(C)C)c2=O)[C@](C)(O)[C@@H]1O. The third-order valence-electron chi connectivity index (χ3n) is 7.17. The minimum absolute atomic E-state index is 0.0933. The molecule has 0 unspecified atom stereocenters. The highest BCUT2D eigenvalue weighted by atomic mass is 31.2. The number of phosphoric ester groups is 1. The summed E-state index contributed by atoms with van der Waals surface area (Å²) in [6.45, 7) is 5.51. The van der Waals surface area contributed by atoms with Gasteiger partial charge < -0.3 is 48.7 Å². The van der Waals surface area contributed by atoms with Crippen molar-refractivity contribution in [1.82, 2.24) is 14.5 Å². The fourth-order valence-corrected chi connectivity index (χ4v) is 5.51. The molecule has 1 saturated heterocycles. The van der Waals surface area contributed by atoms with E-state index in [4.69, 9.17) is 27.8 Å². The number of rotatable bonds is 18. The Kier molecular flexibility index (Phi) is 16.6. The van der Waals surface area contributed by atoms with E-state index in [2.05, 4.69) is 24.3 Å². The fraction of sp³-hybridized carbons (Fsp3) is 0.733. The summed E-state index contributed by atoms with van der Waals surface area (Å²) in [5.41, 5.74) is -8.33. The molecule has 54 heavy (non-hydrogen) atoms. The summed E-state index contributed by atoms with van der Waals surface area (Å²) < 4.78 is 78.3. The van der Waals surface area contributed by atoms with Crippen molar-refractivity contribution >= 4 is 32.2 Å². The van der Waals surface area contributed by atoms with Crippen LogP contribution in [0.5, 0.6) is 0 Å². The molecule has 2 heterocycles. The minimum atomic E-state index is -5.02. The molecule has 0 saturated carbocycles. The van der Waals surface area contributed by atoms with Crippen molar-refractivity contribution < 1.29 is 85.1 Å². The Morgan fingerprint density at radius 2 is 1.56 bits per heavy atom. The lowest BCUT2D eigenvalue weighted by Gasteiger charge is -2.31. The molecular weight excluding hydrogens is 756 g/mol. The number of nitrogens with zero attached hydrogens (tertiary/aromatic N) is 2. The van der Waals surface area contributed by atoms with Crippen molar-refractivity contribution in [2.75, 3.05) is 40.1 Å². The summed E-state index contributed by atoms with van der Waals surface area (Å²) in [4.78, 5) is 74.5. The van der Waals surface area contributed by atoms with Crippen LogP contribution in [-0.2, 0) is 62.8 Å². The zero-order valence-corrected chi connectivity index (χ0v) is 31.9. The standard InChI is InChI=1S/C30H47FN3O19P/c1-9-44-26(40)47-16-50-54(43,51-17-48-27(41)45-10-2)49-14-30(13-31)22(37)29(8,42)23(52-30)33-12-11-19(35)34(25(33)39)15-46-21(36)20(18(3)4)32-24(38)53-28(5,6)7/h11-12,18,20,22-23,37,42H,9-10,13-17H2,1-8H3,(H,32,38)/t20-,22-,23+,29+,30+/m0/s1. The first-order valence-electron chi connectivity index (χ1n) is 16.3. The van der Waals surface area contributed by atoms with Gasteiger partial charge in [-0.2, -0.15) is 0 Å². The third kappa shape index (κ3) is 12.5. The van der Waals surface area contributed by atoms with E-state index in [0.29, 0.717) is 9.13 Å². The first-order valence-corrected chi connectivity index (χ1v) is 17.8. The number of hydrogen-bond donors (Lipinski definition) is 3. The van der Waals surface area contributed by atoms with Crippen LogP contribution >= 0.6 is 7.82 Å². The van der Waals surface area contributed by atoms with Crippen molar-refractivity contribution in [2.45, 2.75) is 97.3 Å². The second kappa shape index (κ2) is 19.5. The number of alkyl carbamates (subject to hydrolysis) is 1. The average molecular weight is 804 g/mol. The Balaban J connectivity index is 2.34. The molecule has 2 rings (SSSR count). The number of phosphoric acid groups is 1. The van der Waals surface area contributed by atoms with E-state index in [1.54, 1.807) is 34.6 Å². The van der Waals surface area contributed by atoms with Gasteiger partial charge in [0.25, 0.3) is 5.56 Å². The van der Waals surface area contributed by atoms with Crippen LogP contribution in [0.25, 0.3) is 0 Å². The molecule has 1 amide bonds. The van der Waals surface area contributed by atoms with Gasteiger partial charge in [0, 0.05) is 12.3 Å². The van der Waals surface area contributed by atoms with Crippen LogP contribution in [0.4, 0.5) is 18.8 Å². The van der Waals surface area contributed by atoms with E-state index < -0.39 is 118 Å². The minimum Gasteiger partial charge on any atom is -0.444 e. The average Bonchev–Trinajstić information content (AvgIpc) is 3.26. The monoisotopic (exact) mass is 803 g/mol. The van der Waals surface area contributed by atoms with Gasteiger partial charge in [0.05, 0.1) is 19.8 Å². The molecule has 308 valence electrons. The Bertz CT molecular complexity index is 1600. The second-order valence-electron chi connectivity index (χ2n) is 12.9. The molecule has 0 spiro atoms. The van der Waals surface area contributed by atoms with Gasteiger partial charge in [-0.05, 0) is 47.5 Å². The number of ether oxygens (including phenoxy) is 7. The van der Waals surface area contributed by atoms with Crippen LogP contribution in [-0.4, -0.2) is 113 Å². The molecule has 0 bridgehead atoms. The number of carbonyl (C=O) groups excluding carboxylic acids is 4. The first kappa shape index (κ1) is 46.0. The molecule has 0 radical (unpaired) electrons. The van der Waals surface area contributed by atoms with E-state index >= 15 is 0 Å². The molecule has 1 aromatic rings. The predicted molar refractivity (Wildman–Crippen MR) is 176 cm³/mol. The third-order valence-corrected chi connectivity index (χ3v) is 8.46. The summed E-state index contributed by atoms with van der Waals surface area (Å²) in [7, 11) is -5.02. The molecule has 1 fully saturated rings. The van der Waals surface area contributed by atoms with E-state index in [1.165, 1.54) is 13.8 Å². The zero-order chi connectivity index (χ0) is 41.1. The molecule has 24 heteroatoms. The number of halogens is 1. The summed E-state index contributed by atoms with van der Waals surface area (Å²) in [5.74, 6) is -1.57. The molecule has 22 nitrogen and oxygen atoms in total. The normalized spacial score (nSPS) is 21.9. The maximum atomic E-state index is 14.8. The predicted octanol–water partition coefficient (Wildman–Crippen LogP) is 1.83. The van der Waals surface area contributed by atoms with Crippen molar-refractivity contribution in [1.29, 1.82) is 0 Å². The summed E-state index contributed by atoms with van der Waals surface area (Å²) >= 11 is 0. The lowest BCUT2D eigenvalue weighted by atomic mass is 9.88. The first-order chi connectivity index (χ1) is 25.1. The highest BCUT2D eigenvalue weighted by Crippen LogP contribution is 2.52. The smallest absolute Gasteiger partial charge is 0.444 e. The molecule has 0 aromatic carbocycles. The Morgan fingerprint density at radius 3 is 2.04 bits per heavy atom. The summed E-state index contributed by atoms with van der Waals surface area (Å²) in [6.07, 6.45) is -6.84. The highest BCUT2D eigenvalue weighted by Gasteiger charge is 2.63. The van der Waals surface area contributed by atoms with Crippen molar-refractivity contribution in [3.8, 4) is 0 Å². The van der Waals surface area contributed by atoms with Gasteiger partial charge in [-0.15, -0.1) is 0 Å². The van der Waals surface area contributed by atoms with Gasteiger partial charge in [-0.3, -0.25) is 13.9 Å². The van der Waals surface area contributed by atoms with Crippen LogP contribution in [0.1, 0.15) is 61.6 Å². The van der Waals surface area contributed by atoms with E-state index in [1.807, 2.05) is 0 Å². The highest BCUT2D eigenvalue weighted by molar-refractivity contribution is 7.48. The van der Waals surface area contributed by atoms with Gasteiger partial charge in [0.2, 0.25) is 13.6 Å². The maximum Gasteiger partial charge on any atom is 0.510 e. The fourth-order valence-electron chi connectivity index (χ4n) is 4.54. The number of aliphatic hydroxyl groups is 2. The van der Waals surface area contributed by atoms with Crippen molar-refractivity contribution in [2.24, 2.45) is 5.92 Å². The second-order valence-corrected chi connectivity index (χ2v) is 14.6. The van der Waals surface area contributed by atoms with Crippen LogP contribution in [0, 0.1) is 5.92 Å². The summed E-state index contributed by atoms with van der Waals surface area (Å²) in [5, 5.41) is 24.8. The quantitative estimate of drug-likeness (QED) is 0.0826. The van der Waals surface area contributed by atoms with Crippen LogP contribution < -0.4 is 16.6 Å². The van der Waals surface area contributed by atoms with E-state index in [-0.39, 0.29) is 13.2 Å². The number of alkyl halides is 1. The molecule has 5 atom stereocenters. The number of esters is 1. The van der Waals surface area contributed by atoms with Crippen LogP contribution in [0.15, 0.2) is 21.9 Å². The Morgan fingerprint density at radius 1 is 1.00 bits per heavy atom. The molecule has 0 aliphatic carbocycles. The number of aliphatic hydroxyl groups excluding tert-OH is 1. The van der Waals surface area contributed by atoms with Gasteiger partial charge in [-0.25, -0.2) is 46.5 Å². The van der Waals surface area contributed by atoms with Crippen LogP contribution in [0.2, 0.25) is 0 Å². The number of hydrogen-bond acceptors (Lipinski definition) is 19. The van der Waals surface area contributed by atoms with Crippen LogP contribution in [0.3, 0.4) is 0 Å². The number of carbonyl (C=O) groups is 4.